The summed E-state index contributed by atoms with van der Waals surface area (Å²) < 4.78 is 8.19. The maximum Gasteiger partial charge on any atom is 0.227 e. The molecule has 2 aliphatic carbocycles. The van der Waals surface area contributed by atoms with Crippen molar-refractivity contribution in [3.63, 3.8) is 0 Å². The number of benzene rings is 1. The first-order chi connectivity index (χ1) is 15.9. The number of carbonyl (C=O) groups excluding carboxylic acids is 1. The molecular formula is C26H38N4O3. The predicted molar refractivity (Wildman–Crippen MR) is 128 cm³/mol. The standard InChI is InChI=1S/C26H38N4O3/c1-16(2)11-19-13-20(14-19)25-28-29-26(30(25)21-6-7-21)23(33-10-9-31)15-24(32)27-22-8-5-17(3)12-18(22)4/h5,8,12,16,19-21,23,31H,6-7,9-11,13-15H2,1-4H3,(H,27,32)/t19-,20+,23-/m0/s1. The van der Waals surface area contributed by atoms with Gasteiger partial charge in [0.1, 0.15) is 11.9 Å². The second kappa shape index (κ2) is 10.3. The van der Waals surface area contributed by atoms with E-state index in [-0.39, 0.29) is 25.5 Å². The van der Waals surface area contributed by atoms with E-state index in [0.29, 0.717) is 12.0 Å². The number of aliphatic hydroxyl groups is 1. The third-order valence-electron chi connectivity index (χ3n) is 6.79. The van der Waals surface area contributed by atoms with Gasteiger partial charge in [0, 0.05) is 17.6 Å². The molecule has 7 nitrogen and oxygen atoms in total. The molecule has 33 heavy (non-hydrogen) atoms. The van der Waals surface area contributed by atoms with Gasteiger partial charge in [0.2, 0.25) is 5.91 Å². The fraction of sp³-hybridized carbons (Fsp3) is 0.654. The second-order valence-corrected chi connectivity index (χ2v) is 10.3. The molecule has 2 N–H and O–H groups in total. The third kappa shape index (κ3) is 5.82. The van der Waals surface area contributed by atoms with Gasteiger partial charge in [0.05, 0.1) is 19.6 Å². The summed E-state index contributed by atoms with van der Waals surface area (Å²) in [5, 5.41) is 21.5. The van der Waals surface area contributed by atoms with Crippen molar-refractivity contribution >= 4 is 11.6 Å². The zero-order chi connectivity index (χ0) is 23.5. The van der Waals surface area contributed by atoms with Crippen molar-refractivity contribution < 1.29 is 14.6 Å². The molecule has 0 saturated heterocycles. The van der Waals surface area contributed by atoms with Crippen LogP contribution in [0.5, 0.6) is 0 Å². The van der Waals surface area contributed by atoms with E-state index in [4.69, 9.17) is 4.74 Å². The van der Waals surface area contributed by atoms with Crippen LogP contribution in [-0.2, 0) is 9.53 Å². The quantitative estimate of drug-likeness (QED) is 0.507. The van der Waals surface area contributed by atoms with Gasteiger partial charge < -0.3 is 19.7 Å². The second-order valence-electron chi connectivity index (χ2n) is 10.3. The summed E-state index contributed by atoms with van der Waals surface area (Å²) in [5.74, 6) is 3.59. The largest absolute Gasteiger partial charge is 0.394 e. The van der Waals surface area contributed by atoms with Crippen LogP contribution in [0.3, 0.4) is 0 Å². The molecule has 1 aromatic carbocycles. The SMILES string of the molecule is Cc1ccc(NC(=O)C[C@H](OCCO)c2nnc([C@H]3C[C@@H](CC(C)C)C3)n2C2CC2)c(C)c1. The van der Waals surface area contributed by atoms with E-state index in [1.165, 1.54) is 19.3 Å². The summed E-state index contributed by atoms with van der Waals surface area (Å²) in [7, 11) is 0. The maximum absolute atomic E-state index is 12.9. The fourth-order valence-electron chi connectivity index (χ4n) is 5.07. The van der Waals surface area contributed by atoms with Gasteiger partial charge in [-0.2, -0.15) is 0 Å². The molecule has 2 aromatic rings. The van der Waals surface area contributed by atoms with E-state index >= 15 is 0 Å². The lowest BCUT2D eigenvalue weighted by atomic mass is 9.71. The molecular weight excluding hydrogens is 416 g/mol. The van der Waals surface area contributed by atoms with Crippen LogP contribution in [0.4, 0.5) is 5.69 Å². The highest BCUT2D eigenvalue weighted by Gasteiger charge is 2.39. The molecule has 0 bridgehead atoms. The topological polar surface area (TPSA) is 89.3 Å². The van der Waals surface area contributed by atoms with Crippen LogP contribution in [0, 0.1) is 25.7 Å². The molecule has 0 radical (unpaired) electrons. The summed E-state index contributed by atoms with van der Waals surface area (Å²) in [4.78, 5) is 12.9. The summed E-state index contributed by atoms with van der Waals surface area (Å²) in [6, 6.07) is 6.37. The van der Waals surface area contributed by atoms with E-state index in [2.05, 4.69) is 40.0 Å². The molecule has 4 rings (SSSR count). The summed E-state index contributed by atoms with van der Waals surface area (Å²) >= 11 is 0. The highest BCUT2D eigenvalue weighted by molar-refractivity contribution is 5.91. The molecule has 1 amide bonds. The molecule has 180 valence electrons. The van der Waals surface area contributed by atoms with Gasteiger partial charge in [-0.15, -0.1) is 10.2 Å². The molecule has 0 spiro atoms. The van der Waals surface area contributed by atoms with Gasteiger partial charge in [-0.25, -0.2) is 0 Å². The number of nitrogens with zero attached hydrogens (tertiary/aromatic N) is 3. The number of amides is 1. The van der Waals surface area contributed by atoms with Crippen LogP contribution in [0.25, 0.3) is 0 Å². The number of ether oxygens (including phenoxy) is 1. The number of hydrogen-bond donors (Lipinski definition) is 2. The minimum Gasteiger partial charge on any atom is -0.394 e. The lowest BCUT2D eigenvalue weighted by Crippen LogP contribution is -2.27. The Hall–Kier alpha value is -2.25. The van der Waals surface area contributed by atoms with Crippen molar-refractivity contribution in [2.75, 3.05) is 18.5 Å². The van der Waals surface area contributed by atoms with Crippen molar-refractivity contribution in [1.82, 2.24) is 14.8 Å². The smallest absolute Gasteiger partial charge is 0.227 e. The Balaban J connectivity index is 1.50. The maximum atomic E-state index is 12.9. The Morgan fingerprint density at radius 1 is 1.24 bits per heavy atom. The molecule has 0 aliphatic heterocycles. The van der Waals surface area contributed by atoms with Crippen LogP contribution in [0.1, 0.15) is 93.2 Å². The zero-order valence-electron chi connectivity index (χ0n) is 20.4. The van der Waals surface area contributed by atoms with E-state index in [1.807, 2.05) is 26.0 Å². The zero-order valence-corrected chi connectivity index (χ0v) is 20.4. The van der Waals surface area contributed by atoms with Crippen LogP contribution in [0.15, 0.2) is 18.2 Å². The fourth-order valence-corrected chi connectivity index (χ4v) is 5.07. The third-order valence-corrected chi connectivity index (χ3v) is 6.79. The van der Waals surface area contributed by atoms with Crippen molar-refractivity contribution in [2.24, 2.45) is 11.8 Å². The van der Waals surface area contributed by atoms with E-state index in [9.17, 15) is 9.90 Å². The van der Waals surface area contributed by atoms with E-state index in [1.54, 1.807) is 0 Å². The average molecular weight is 455 g/mol. The average Bonchev–Trinajstić information content (AvgIpc) is 3.48. The number of aryl methyl sites for hydroxylation is 2. The number of anilines is 1. The Kier molecular flexibility index (Phi) is 7.49. The van der Waals surface area contributed by atoms with Crippen molar-refractivity contribution in [1.29, 1.82) is 0 Å². The molecule has 2 saturated carbocycles. The number of nitrogens with one attached hydrogen (secondary N) is 1. The Labute approximate surface area is 196 Å². The number of rotatable bonds is 11. The first-order valence-corrected chi connectivity index (χ1v) is 12.4. The van der Waals surface area contributed by atoms with Crippen molar-refractivity contribution in [3.05, 3.63) is 41.0 Å². The lowest BCUT2D eigenvalue weighted by molar-refractivity contribution is -0.119. The van der Waals surface area contributed by atoms with Gasteiger partial charge in [0.15, 0.2) is 5.82 Å². The monoisotopic (exact) mass is 454 g/mol. The van der Waals surface area contributed by atoms with Crippen LogP contribution in [-0.4, -0.2) is 39.0 Å². The molecule has 7 heteroatoms. The highest BCUT2D eigenvalue weighted by Crippen LogP contribution is 2.47. The highest BCUT2D eigenvalue weighted by atomic mass is 16.5. The van der Waals surface area contributed by atoms with Crippen LogP contribution < -0.4 is 5.32 Å². The Morgan fingerprint density at radius 2 is 2.00 bits per heavy atom. The minimum absolute atomic E-state index is 0.0981. The molecule has 2 fully saturated rings. The van der Waals surface area contributed by atoms with E-state index < -0.39 is 6.10 Å². The first-order valence-electron chi connectivity index (χ1n) is 12.4. The van der Waals surface area contributed by atoms with Crippen molar-refractivity contribution in [3.8, 4) is 0 Å². The predicted octanol–water partition coefficient (Wildman–Crippen LogP) is 4.85. The molecule has 1 aromatic heterocycles. The number of aromatic nitrogens is 3. The lowest BCUT2D eigenvalue weighted by Gasteiger charge is -2.36. The van der Waals surface area contributed by atoms with Gasteiger partial charge in [-0.3, -0.25) is 4.79 Å². The number of hydrogen-bond acceptors (Lipinski definition) is 5. The Morgan fingerprint density at radius 3 is 2.64 bits per heavy atom. The summed E-state index contributed by atoms with van der Waals surface area (Å²) in [6.07, 6.45) is 5.43. The Bertz CT molecular complexity index is 960. The van der Waals surface area contributed by atoms with Gasteiger partial charge in [-0.05, 0) is 69.4 Å². The first kappa shape index (κ1) is 23.9. The minimum atomic E-state index is -0.531. The normalized spacial score (nSPS) is 21.2. The molecule has 1 heterocycles. The summed E-state index contributed by atoms with van der Waals surface area (Å²) in [5.41, 5.74) is 2.99. The van der Waals surface area contributed by atoms with Crippen LogP contribution >= 0.6 is 0 Å². The molecule has 2 aliphatic rings. The van der Waals surface area contributed by atoms with Gasteiger partial charge >= 0.3 is 0 Å². The van der Waals surface area contributed by atoms with Crippen molar-refractivity contribution in [2.45, 2.75) is 84.3 Å². The van der Waals surface area contributed by atoms with Crippen LogP contribution in [0.2, 0.25) is 0 Å². The molecule has 0 unspecified atom stereocenters. The van der Waals surface area contributed by atoms with E-state index in [0.717, 1.165) is 53.1 Å². The number of aliphatic hydroxyl groups excluding tert-OH is 1. The van der Waals surface area contributed by atoms with Gasteiger partial charge in [-0.1, -0.05) is 31.5 Å². The van der Waals surface area contributed by atoms with Gasteiger partial charge in [0.25, 0.3) is 0 Å². The number of carbonyl (C=O) groups is 1. The molecule has 1 atom stereocenters. The summed E-state index contributed by atoms with van der Waals surface area (Å²) in [6.45, 7) is 8.65.